The molecule has 1 aromatic rings. The van der Waals surface area contributed by atoms with Crippen molar-refractivity contribution in [3.63, 3.8) is 0 Å². The molecule has 1 rings (SSSR count). The number of aliphatic hydroxyl groups is 1. The summed E-state index contributed by atoms with van der Waals surface area (Å²) in [7, 11) is 1.82. The van der Waals surface area contributed by atoms with E-state index in [-0.39, 0.29) is 17.9 Å². The number of aromatic nitrogens is 3. The first-order valence-corrected chi connectivity index (χ1v) is 6.41. The molecule has 0 bridgehead atoms. The Morgan fingerprint density at radius 3 is 2.22 bits per heavy atom. The molecule has 0 radical (unpaired) electrons. The van der Waals surface area contributed by atoms with E-state index in [0.29, 0.717) is 11.9 Å². The summed E-state index contributed by atoms with van der Waals surface area (Å²) in [6.45, 7) is 7.57. The molecule has 0 aliphatic rings. The molecule has 1 unspecified atom stereocenters. The number of rotatable bonds is 6. The van der Waals surface area contributed by atoms with Gasteiger partial charge >= 0.3 is 0 Å². The van der Waals surface area contributed by atoms with Crippen LogP contribution in [0.15, 0.2) is 0 Å². The molecule has 0 spiro atoms. The third kappa shape index (κ3) is 3.43. The molecule has 0 aliphatic carbocycles. The van der Waals surface area contributed by atoms with Crippen LogP contribution in [0, 0.1) is 0 Å². The smallest absolute Gasteiger partial charge is 0.231 e. The standard InChI is InChI=1S/C11H20ClN5O/c1-5-17(6-2)11-14-9(12)13-10(15-11)16(4)8(3)7-18/h8,18H,5-7H2,1-4H3. The minimum atomic E-state index is -0.0759. The van der Waals surface area contributed by atoms with Crippen LogP contribution >= 0.6 is 11.6 Å². The summed E-state index contributed by atoms with van der Waals surface area (Å²) in [4.78, 5) is 16.4. The first-order valence-electron chi connectivity index (χ1n) is 6.03. The van der Waals surface area contributed by atoms with Crippen LogP contribution in [-0.2, 0) is 0 Å². The molecule has 0 aromatic carbocycles. The number of aliphatic hydroxyl groups excluding tert-OH is 1. The number of likely N-dealkylation sites (N-methyl/N-ethyl adjacent to an activating group) is 1. The van der Waals surface area contributed by atoms with Crippen molar-refractivity contribution in [2.24, 2.45) is 0 Å². The van der Waals surface area contributed by atoms with Crippen LogP contribution in [0.4, 0.5) is 11.9 Å². The zero-order valence-electron chi connectivity index (χ0n) is 11.3. The fourth-order valence-electron chi connectivity index (χ4n) is 1.45. The van der Waals surface area contributed by atoms with E-state index in [1.165, 1.54) is 0 Å². The number of nitrogens with zero attached hydrogens (tertiary/aromatic N) is 5. The maximum Gasteiger partial charge on any atom is 0.231 e. The summed E-state index contributed by atoms with van der Waals surface area (Å²) >= 11 is 5.92. The van der Waals surface area contributed by atoms with Crippen molar-refractivity contribution in [2.45, 2.75) is 26.8 Å². The van der Waals surface area contributed by atoms with Gasteiger partial charge in [0.2, 0.25) is 17.2 Å². The number of hydrogen-bond donors (Lipinski definition) is 1. The van der Waals surface area contributed by atoms with Crippen LogP contribution < -0.4 is 9.80 Å². The first kappa shape index (κ1) is 14.9. The Kier molecular flexibility index (Phi) is 5.55. The van der Waals surface area contributed by atoms with Gasteiger partial charge in [0.15, 0.2) is 0 Å². The van der Waals surface area contributed by atoms with Gasteiger partial charge in [0.05, 0.1) is 12.6 Å². The molecule has 7 heteroatoms. The van der Waals surface area contributed by atoms with E-state index in [2.05, 4.69) is 15.0 Å². The second-order valence-corrected chi connectivity index (χ2v) is 4.36. The molecule has 1 atom stereocenters. The zero-order valence-corrected chi connectivity index (χ0v) is 12.0. The van der Waals surface area contributed by atoms with Crippen molar-refractivity contribution in [3.8, 4) is 0 Å². The third-order valence-corrected chi connectivity index (χ3v) is 3.04. The minimum Gasteiger partial charge on any atom is -0.394 e. The Balaban J connectivity index is 3.07. The summed E-state index contributed by atoms with van der Waals surface area (Å²) in [5, 5.41) is 9.32. The van der Waals surface area contributed by atoms with Crippen molar-refractivity contribution in [2.75, 3.05) is 36.5 Å². The molecule has 0 fully saturated rings. The van der Waals surface area contributed by atoms with Crippen molar-refractivity contribution in [3.05, 3.63) is 5.28 Å². The van der Waals surface area contributed by atoms with Gasteiger partial charge in [0.25, 0.3) is 0 Å². The lowest BCUT2D eigenvalue weighted by Crippen LogP contribution is -2.34. The maximum absolute atomic E-state index is 9.15. The van der Waals surface area contributed by atoms with Gasteiger partial charge in [0, 0.05) is 20.1 Å². The molecule has 0 saturated carbocycles. The SMILES string of the molecule is CCN(CC)c1nc(Cl)nc(N(C)C(C)CO)n1. The molecule has 0 amide bonds. The second kappa shape index (κ2) is 6.70. The predicted molar refractivity (Wildman–Crippen MR) is 73.3 cm³/mol. The van der Waals surface area contributed by atoms with Gasteiger partial charge in [-0.25, -0.2) is 0 Å². The molecule has 6 nitrogen and oxygen atoms in total. The summed E-state index contributed by atoms with van der Waals surface area (Å²) in [5.74, 6) is 1.03. The summed E-state index contributed by atoms with van der Waals surface area (Å²) in [6.07, 6.45) is 0. The lowest BCUT2D eigenvalue weighted by Gasteiger charge is -2.25. The van der Waals surface area contributed by atoms with E-state index in [9.17, 15) is 0 Å². The van der Waals surface area contributed by atoms with Crippen molar-refractivity contribution in [1.29, 1.82) is 0 Å². The average Bonchev–Trinajstić information content (AvgIpc) is 2.37. The molecule has 0 saturated heterocycles. The van der Waals surface area contributed by atoms with Gasteiger partial charge in [0.1, 0.15) is 0 Å². The highest BCUT2D eigenvalue weighted by Crippen LogP contribution is 2.17. The highest BCUT2D eigenvalue weighted by molar-refractivity contribution is 6.28. The van der Waals surface area contributed by atoms with Gasteiger partial charge in [-0.1, -0.05) is 0 Å². The monoisotopic (exact) mass is 273 g/mol. The normalized spacial score (nSPS) is 12.3. The highest BCUT2D eigenvalue weighted by atomic mass is 35.5. The average molecular weight is 274 g/mol. The fraction of sp³-hybridized carbons (Fsp3) is 0.727. The molecular weight excluding hydrogens is 254 g/mol. The van der Waals surface area contributed by atoms with Crippen molar-refractivity contribution >= 4 is 23.5 Å². The molecule has 0 aliphatic heterocycles. The lowest BCUT2D eigenvalue weighted by atomic mass is 10.3. The fourth-order valence-corrected chi connectivity index (χ4v) is 1.61. The van der Waals surface area contributed by atoms with E-state index in [1.54, 1.807) is 4.90 Å². The Morgan fingerprint density at radius 2 is 1.72 bits per heavy atom. The van der Waals surface area contributed by atoms with Crippen LogP contribution in [0.25, 0.3) is 0 Å². The highest BCUT2D eigenvalue weighted by Gasteiger charge is 2.16. The van der Waals surface area contributed by atoms with Crippen molar-refractivity contribution in [1.82, 2.24) is 15.0 Å². The Hall–Kier alpha value is -1.14. The molecule has 1 aromatic heterocycles. The largest absolute Gasteiger partial charge is 0.394 e. The molecule has 18 heavy (non-hydrogen) atoms. The minimum absolute atomic E-state index is 0.0282. The Labute approximate surface area is 113 Å². The van der Waals surface area contributed by atoms with Crippen LogP contribution in [0.1, 0.15) is 20.8 Å². The van der Waals surface area contributed by atoms with Crippen molar-refractivity contribution < 1.29 is 5.11 Å². The number of anilines is 2. The quantitative estimate of drug-likeness (QED) is 0.840. The molecular formula is C11H20ClN5O. The van der Waals surface area contributed by atoms with E-state index < -0.39 is 0 Å². The van der Waals surface area contributed by atoms with E-state index in [4.69, 9.17) is 16.7 Å². The first-order chi connectivity index (χ1) is 8.53. The lowest BCUT2D eigenvalue weighted by molar-refractivity contribution is 0.269. The summed E-state index contributed by atoms with van der Waals surface area (Å²) in [6, 6.07) is -0.0759. The topological polar surface area (TPSA) is 65.4 Å². The van der Waals surface area contributed by atoms with Gasteiger partial charge in [-0.05, 0) is 32.4 Å². The van der Waals surface area contributed by atoms with Crippen LogP contribution in [0.3, 0.4) is 0 Å². The van der Waals surface area contributed by atoms with Crippen LogP contribution in [0.2, 0.25) is 5.28 Å². The van der Waals surface area contributed by atoms with E-state index in [1.807, 2.05) is 32.7 Å². The molecule has 1 N–H and O–H groups in total. The van der Waals surface area contributed by atoms with Crippen LogP contribution in [0.5, 0.6) is 0 Å². The summed E-state index contributed by atoms with van der Waals surface area (Å²) in [5.41, 5.74) is 0. The van der Waals surface area contributed by atoms with Gasteiger partial charge in [-0.15, -0.1) is 0 Å². The Morgan fingerprint density at radius 1 is 1.17 bits per heavy atom. The maximum atomic E-state index is 9.15. The van der Waals surface area contributed by atoms with Crippen LogP contribution in [-0.4, -0.2) is 52.8 Å². The number of halogens is 1. The van der Waals surface area contributed by atoms with E-state index >= 15 is 0 Å². The van der Waals surface area contributed by atoms with Gasteiger partial charge < -0.3 is 14.9 Å². The zero-order chi connectivity index (χ0) is 13.7. The Bertz CT molecular complexity index is 386. The van der Waals surface area contributed by atoms with E-state index in [0.717, 1.165) is 13.1 Å². The van der Waals surface area contributed by atoms with Gasteiger partial charge in [-0.3, -0.25) is 0 Å². The summed E-state index contributed by atoms with van der Waals surface area (Å²) < 4.78 is 0. The third-order valence-electron chi connectivity index (χ3n) is 2.87. The second-order valence-electron chi connectivity index (χ2n) is 4.02. The van der Waals surface area contributed by atoms with Gasteiger partial charge in [-0.2, -0.15) is 15.0 Å². The molecule has 1 heterocycles. The predicted octanol–water partition coefficient (Wildman–Crippen LogP) is 1.19. The number of hydrogen-bond acceptors (Lipinski definition) is 6. The molecule has 102 valence electrons.